The molecule has 0 spiro atoms. The summed E-state index contributed by atoms with van der Waals surface area (Å²) in [6.07, 6.45) is 0.843. The molecule has 1 aromatic rings. The minimum Gasteiger partial charge on any atom is -0.465 e. The van der Waals surface area contributed by atoms with Gasteiger partial charge in [0, 0.05) is 19.7 Å². The van der Waals surface area contributed by atoms with Gasteiger partial charge in [-0.3, -0.25) is 0 Å². The molecule has 1 aromatic carbocycles. The Bertz CT molecular complexity index is 449. The van der Waals surface area contributed by atoms with Gasteiger partial charge in [0.15, 0.2) is 0 Å². The number of nitrogens with one attached hydrogen (secondary N) is 2. The summed E-state index contributed by atoms with van der Waals surface area (Å²) in [5.74, 6) is 0. The Morgan fingerprint density at radius 1 is 1.36 bits per heavy atom. The van der Waals surface area contributed by atoms with E-state index in [1.165, 1.54) is 0 Å². The van der Waals surface area contributed by atoms with Crippen LogP contribution in [0.15, 0.2) is 30.3 Å². The van der Waals surface area contributed by atoms with Crippen molar-refractivity contribution in [2.45, 2.75) is 37.5 Å². The molecule has 0 saturated carbocycles. The van der Waals surface area contributed by atoms with Gasteiger partial charge in [-0.25, -0.2) is 4.79 Å². The zero-order valence-electron chi connectivity index (χ0n) is 12.6. The number of amides is 1. The quantitative estimate of drug-likeness (QED) is 0.575. The molecule has 4 N–H and O–H groups in total. The molecule has 0 aromatic heterocycles. The van der Waals surface area contributed by atoms with E-state index in [2.05, 4.69) is 10.6 Å². The van der Waals surface area contributed by atoms with Crippen LogP contribution in [-0.2, 0) is 11.2 Å². The van der Waals surface area contributed by atoms with Crippen LogP contribution in [0.25, 0.3) is 0 Å². The number of carbonyl (C=O) groups is 1. The molecule has 1 aliphatic heterocycles. The highest BCUT2D eigenvalue weighted by molar-refractivity contribution is 5.65. The van der Waals surface area contributed by atoms with Gasteiger partial charge in [0.25, 0.3) is 0 Å². The Morgan fingerprint density at radius 3 is 2.77 bits per heavy atom. The maximum Gasteiger partial charge on any atom is 0.404 e. The maximum absolute atomic E-state index is 10.9. The number of rotatable bonds is 8. The van der Waals surface area contributed by atoms with Crippen LogP contribution in [0.5, 0.6) is 0 Å². The minimum atomic E-state index is -1.13. The molecule has 3 atom stereocenters. The molecule has 1 fully saturated rings. The molecule has 0 aliphatic carbocycles. The minimum absolute atomic E-state index is 0.201. The number of benzene rings is 1. The molecule has 6 heteroatoms. The van der Waals surface area contributed by atoms with Gasteiger partial charge in [-0.1, -0.05) is 30.3 Å². The summed E-state index contributed by atoms with van der Waals surface area (Å²) in [6, 6.07) is 9.00. The normalized spacial score (nSPS) is 20.5. The molecule has 1 unspecified atom stereocenters. The largest absolute Gasteiger partial charge is 0.465 e. The van der Waals surface area contributed by atoms with Crippen molar-refractivity contribution in [2.75, 3.05) is 19.7 Å². The van der Waals surface area contributed by atoms with Crippen molar-refractivity contribution in [1.82, 2.24) is 10.6 Å². The van der Waals surface area contributed by atoms with E-state index >= 15 is 0 Å². The first-order valence-electron chi connectivity index (χ1n) is 7.69. The molecule has 0 radical (unpaired) electrons. The Labute approximate surface area is 130 Å². The predicted octanol–water partition coefficient (Wildman–Crippen LogP) is 0.995. The highest BCUT2D eigenvalue weighted by atomic mass is 16.5. The molecule has 1 aliphatic rings. The van der Waals surface area contributed by atoms with Crippen molar-refractivity contribution in [3.8, 4) is 0 Å². The van der Waals surface area contributed by atoms with E-state index < -0.39 is 18.2 Å². The first-order chi connectivity index (χ1) is 10.6. The van der Waals surface area contributed by atoms with Gasteiger partial charge in [-0.15, -0.1) is 0 Å². The molecule has 1 saturated heterocycles. The van der Waals surface area contributed by atoms with Crippen LogP contribution in [0.4, 0.5) is 4.79 Å². The summed E-state index contributed by atoms with van der Waals surface area (Å²) < 4.78 is 5.50. The van der Waals surface area contributed by atoms with Gasteiger partial charge in [-0.2, -0.15) is 0 Å². The molecule has 1 amide bonds. The second-order valence-corrected chi connectivity index (χ2v) is 5.61. The average molecular weight is 308 g/mol. The summed E-state index contributed by atoms with van der Waals surface area (Å²) >= 11 is 0. The molecule has 2 rings (SSSR count). The van der Waals surface area contributed by atoms with E-state index in [0.717, 1.165) is 25.0 Å². The van der Waals surface area contributed by atoms with Crippen LogP contribution in [-0.4, -0.2) is 54.3 Å². The lowest BCUT2D eigenvalue weighted by Gasteiger charge is -2.24. The number of hydrogen-bond donors (Lipinski definition) is 4. The lowest BCUT2D eigenvalue weighted by atomic mass is 10.0. The van der Waals surface area contributed by atoms with E-state index in [0.29, 0.717) is 19.5 Å². The highest BCUT2D eigenvalue weighted by Crippen LogP contribution is 2.11. The van der Waals surface area contributed by atoms with Gasteiger partial charge in [0.1, 0.15) is 0 Å². The standard InChI is InChI=1S/C16H24N2O4/c19-15(11-17-10-13-7-4-8-22-13)14(18-16(20)21)9-12-5-2-1-3-6-12/h1-3,5-6,13-15,17-19H,4,7-11H2,(H,20,21)/t13?,14-,15+/m0/s1. The van der Waals surface area contributed by atoms with Gasteiger partial charge in [-0.05, 0) is 24.8 Å². The Balaban J connectivity index is 1.82. The van der Waals surface area contributed by atoms with E-state index in [4.69, 9.17) is 9.84 Å². The van der Waals surface area contributed by atoms with E-state index in [9.17, 15) is 9.90 Å². The van der Waals surface area contributed by atoms with E-state index in [1.54, 1.807) is 0 Å². The molecule has 22 heavy (non-hydrogen) atoms. The second kappa shape index (κ2) is 8.73. The Hall–Kier alpha value is -1.63. The maximum atomic E-state index is 10.9. The number of carboxylic acid groups (broad SMARTS) is 1. The van der Waals surface area contributed by atoms with Crippen LogP contribution in [0.1, 0.15) is 18.4 Å². The Kier molecular flexibility index (Phi) is 6.64. The first kappa shape index (κ1) is 16.7. The SMILES string of the molecule is O=C(O)N[C@@H](Cc1ccccc1)[C@H](O)CNCC1CCCO1. The van der Waals surface area contributed by atoms with Crippen molar-refractivity contribution in [1.29, 1.82) is 0 Å². The van der Waals surface area contributed by atoms with Crippen molar-refractivity contribution < 1.29 is 19.7 Å². The predicted molar refractivity (Wildman–Crippen MR) is 82.9 cm³/mol. The Morgan fingerprint density at radius 2 is 2.14 bits per heavy atom. The average Bonchev–Trinajstić information content (AvgIpc) is 3.00. The fraction of sp³-hybridized carbons (Fsp3) is 0.562. The van der Waals surface area contributed by atoms with Crippen molar-refractivity contribution in [3.63, 3.8) is 0 Å². The third-order valence-electron chi connectivity index (χ3n) is 3.82. The van der Waals surface area contributed by atoms with E-state index in [1.807, 2.05) is 30.3 Å². The monoisotopic (exact) mass is 308 g/mol. The van der Waals surface area contributed by atoms with Gasteiger partial charge < -0.3 is 25.6 Å². The molecule has 1 heterocycles. The topological polar surface area (TPSA) is 90.8 Å². The lowest BCUT2D eigenvalue weighted by Crippen LogP contribution is -2.49. The number of aliphatic hydroxyl groups excluding tert-OH is 1. The summed E-state index contributed by atoms with van der Waals surface area (Å²) in [5, 5.41) is 24.8. The van der Waals surface area contributed by atoms with Crippen molar-refractivity contribution in [2.24, 2.45) is 0 Å². The summed E-state index contributed by atoms with van der Waals surface area (Å²) in [4.78, 5) is 10.9. The number of ether oxygens (including phenoxy) is 1. The fourth-order valence-corrected chi connectivity index (χ4v) is 2.65. The molecule has 122 valence electrons. The second-order valence-electron chi connectivity index (χ2n) is 5.61. The fourth-order valence-electron chi connectivity index (χ4n) is 2.65. The number of aliphatic hydroxyl groups is 1. The third-order valence-corrected chi connectivity index (χ3v) is 3.82. The van der Waals surface area contributed by atoms with Crippen LogP contribution in [0.3, 0.4) is 0 Å². The summed E-state index contributed by atoms with van der Waals surface area (Å²) in [7, 11) is 0. The lowest BCUT2D eigenvalue weighted by molar-refractivity contribution is 0.0934. The van der Waals surface area contributed by atoms with Gasteiger partial charge in [0.2, 0.25) is 0 Å². The third kappa shape index (κ3) is 5.63. The van der Waals surface area contributed by atoms with Crippen LogP contribution >= 0.6 is 0 Å². The summed E-state index contributed by atoms with van der Waals surface area (Å²) in [5.41, 5.74) is 0.986. The zero-order valence-corrected chi connectivity index (χ0v) is 12.6. The first-order valence-corrected chi connectivity index (χ1v) is 7.69. The van der Waals surface area contributed by atoms with Crippen molar-refractivity contribution >= 4 is 6.09 Å². The van der Waals surface area contributed by atoms with Gasteiger partial charge in [0.05, 0.1) is 18.2 Å². The molecular weight excluding hydrogens is 284 g/mol. The summed E-state index contributed by atoms with van der Waals surface area (Å²) in [6.45, 7) is 1.81. The van der Waals surface area contributed by atoms with Crippen LogP contribution in [0.2, 0.25) is 0 Å². The highest BCUT2D eigenvalue weighted by Gasteiger charge is 2.22. The molecule has 0 bridgehead atoms. The van der Waals surface area contributed by atoms with Crippen LogP contribution < -0.4 is 10.6 Å². The molecular formula is C16H24N2O4. The van der Waals surface area contributed by atoms with Gasteiger partial charge >= 0.3 is 6.09 Å². The van der Waals surface area contributed by atoms with E-state index in [-0.39, 0.29) is 6.10 Å². The van der Waals surface area contributed by atoms with Crippen LogP contribution in [0, 0.1) is 0 Å². The smallest absolute Gasteiger partial charge is 0.404 e. The zero-order chi connectivity index (χ0) is 15.8. The number of hydrogen-bond acceptors (Lipinski definition) is 4. The van der Waals surface area contributed by atoms with Crippen molar-refractivity contribution in [3.05, 3.63) is 35.9 Å². The molecule has 6 nitrogen and oxygen atoms in total.